The summed E-state index contributed by atoms with van der Waals surface area (Å²) in [4.78, 5) is 0. The molecule has 1 fully saturated rings. The van der Waals surface area contributed by atoms with Gasteiger partial charge in [-0.2, -0.15) is 0 Å². The van der Waals surface area contributed by atoms with Gasteiger partial charge in [-0.25, -0.2) is 0 Å². The minimum Gasteiger partial charge on any atom is -0.402 e. The van der Waals surface area contributed by atoms with Crippen molar-refractivity contribution in [1.29, 1.82) is 0 Å². The highest BCUT2D eigenvalue weighted by molar-refractivity contribution is 6.55. The molecule has 1 saturated heterocycles. The average Bonchev–Trinajstić information content (AvgIpc) is 3.02. The molecule has 2 atom stereocenters. The standard InChI is InChI=1S/C17H23BO2/c1-11(2)16-17(12(3)4)20-18(19-16)15-9-13-7-5-6-8-14(13)10-15/h5-9,11-12,16-17H,10H2,1-4H3/t16-,17?/m0/s1. The number of allylic oxidation sites excluding steroid dienone is 1. The number of hydrogen-bond acceptors (Lipinski definition) is 2. The van der Waals surface area contributed by atoms with Crippen LogP contribution in [-0.4, -0.2) is 19.3 Å². The average molecular weight is 270 g/mol. The lowest BCUT2D eigenvalue weighted by Gasteiger charge is -2.24. The van der Waals surface area contributed by atoms with E-state index in [-0.39, 0.29) is 19.3 Å². The molecule has 1 aliphatic carbocycles. The number of rotatable bonds is 3. The van der Waals surface area contributed by atoms with E-state index in [0.717, 1.165) is 6.42 Å². The summed E-state index contributed by atoms with van der Waals surface area (Å²) in [6, 6.07) is 8.53. The van der Waals surface area contributed by atoms with Crippen LogP contribution in [0.1, 0.15) is 38.8 Å². The quantitative estimate of drug-likeness (QED) is 0.779. The van der Waals surface area contributed by atoms with E-state index in [4.69, 9.17) is 9.31 Å². The molecule has 0 amide bonds. The Morgan fingerprint density at radius 1 is 1.00 bits per heavy atom. The monoisotopic (exact) mass is 270 g/mol. The Morgan fingerprint density at radius 2 is 1.60 bits per heavy atom. The second-order valence-corrected chi connectivity index (χ2v) is 6.62. The van der Waals surface area contributed by atoms with E-state index in [1.807, 2.05) is 0 Å². The minimum atomic E-state index is -0.165. The van der Waals surface area contributed by atoms with Crippen LogP contribution in [0.15, 0.2) is 29.7 Å². The van der Waals surface area contributed by atoms with Crippen LogP contribution in [-0.2, 0) is 15.7 Å². The Labute approximate surface area is 122 Å². The first-order valence-corrected chi connectivity index (χ1v) is 7.65. The van der Waals surface area contributed by atoms with Gasteiger partial charge >= 0.3 is 7.12 Å². The summed E-state index contributed by atoms with van der Waals surface area (Å²) in [5.41, 5.74) is 3.95. The molecule has 1 heterocycles. The third-order valence-corrected chi connectivity index (χ3v) is 4.29. The molecule has 0 saturated carbocycles. The van der Waals surface area contributed by atoms with Crippen LogP contribution in [0.3, 0.4) is 0 Å². The van der Waals surface area contributed by atoms with E-state index in [1.54, 1.807) is 0 Å². The fourth-order valence-corrected chi connectivity index (χ4v) is 3.18. The van der Waals surface area contributed by atoms with Gasteiger partial charge in [0.25, 0.3) is 0 Å². The van der Waals surface area contributed by atoms with Crippen molar-refractivity contribution in [2.45, 2.75) is 46.3 Å². The van der Waals surface area contributed by atoms with Crippen molar-refractivity contribution < 1.29 is 9.31 Å². The van der Waals surface area contributed by atoms with E-state index in [1.165, 1.54) is 16.6 Å². The van der Waals surface area contributed by atoms with Gasteiger partial charge in [0.2, 0.25) is 0 Å². The molecule has 106 valence electrons. The van der Waals surface area contributed by atoms with Gasteiger partial charge in [0.05, 0.1) is 12.2 Å². The maximum absolute atomic E-state index is 6.22. The lowest BCUT2D eigenvalue weighted by atomic mass is 9.77. The van der Waals surface area contributed by atoms with Gasteiger partial charge in [-0.15, -0.1) is 0 Å². The zero-order chi connectivity index (χ0) is 14.3. The zero-order valence-corrected chi connectivity index (χ0v) is 12.8. The molecule has 1 aromatic carbocycles. The van der Waals surface area contributed by atoms with Gasteiger partial charge in [0, 0.05) is 0 Å². The SMILES string of the molecule is CC(C)C1OB(C2=Cc3ccccc3C2)O[C@H]1C(C)C. The zero-order valence-electron chi connectivity index (χ0n) is 12.8. The number of benzene rings is 1. The second kappa shape index (κ2) is 5.38. The van der Waals surface area contributed by atoms with Crippen LogP contribution < -0.4 is 0 Å². The number of hydrogen-bond donors (Lipinski definition) is 0. The van der Waals surface area contributed by atoms with Crippen LogP contribution >= 0.6 is 0 Å². The Balaban J connectivity index is 1.78. The summed E-state index contributed by atoms with van der Waals surface area (Å²) in [5, 5.41) is 0. The van der Waals surface area contributed by atoms with Crippen molar-refractivity contribution in [3.8, 4) is 0 Å². The molecule has 20 heavy (non-hydrogen) atoms. The topological polar surface area (TPSA) is 18.5 Å². The van der Waals surface area contributed by atoms with Crippen LogP contribution in [0.4, 0.5) is 0 Å². The summed E-state index contributed by atoms with van der Waals surface area (Å²) in [6.45, 7) is 8.85. The minimum absolute atomic E-state index is 0.165. The van der Waals surface area contributed by atoms with E-state index < -0.39 is 0 Å². The maximum Gasteiger partial charge on any atom is 0.490 e. The first-order chi connectivity index (χ1) is 9.56. The molecule has 0 spiro atoms. The molecule has 0 bridgehead atoms. The van der Waals surface area contributed by atoms with Gasteiger partial charge in [-0.1, -0.05) is 58.0 Å². The van der Waals surface area contributed by atoms with Gasteiger partial charge in [-0.05, 0) is 34.9 Å². The fraction of sp³-hybridized carbons (Fsp3) is 0.529. The van der Waals surface area contributed by atoms with Crippen LogP contribution in [0.2, 0.25) is 0 Å². The van der Waals surface area contributed by atoms with Crippen molar-refractivity contribution >= 4 is 13.2 Å². The molecule has 2 nitrogen and oxygen atoms in total. The van der Waals surface area contributed by atoms with Crippen molar-refractivity contribution in [2.75, 3.05) is 0 Å². The molecule has 3 rings (SSSR count). The van der Waals surface area contributed by atoms with E-state index in [9.17, 15) is 0 Å². The molecule has 2 aliphatic rings. The number of fused-ring (bicyclic) bond motifs is 1. The van der Waals surface area contributed by atoms with Crippen LogP contribution in [0, 0.1) is 11.8 Å². The first kappa shape index (κ1) is 13.9. The lowest BCUT2D eigenvalue weighted by molar-refractivity contribution is 0.0815. The summed E-state index contributed by atoms with van der Waals surface area (Å²) >= 11 is 0. The normalized spacial score (nSPS) is 25.5. The smallest absolute Gasteiger partial charge is 0.402 e. The molecule has 3 heteroatoms. The third kappa shape index (κ3) is 2.45. The van der Waals surface area contributed by atoms with Crippen molar-refractivity contribution in [3.63, 3.8) is 0 Å². The highest BCUT2D eigenvalue weighted by Crippen LogP contribution is 2.34. The lowest BCUT2D eigenvalue weighted by Crippen LogP contribution is -2.31. The molecule has 1 aromatic rings. The van der Waals surface area contributed by atoms with E-state index in [2.05, 4.69) is 58.0 Å². The Bertz CT molecular complexity index is 505. The van der Waals surface area contributed by atoms with Crippen molar-refractivity contribution in [2.24, 2.45) is 11.8 Å². The van der Waals surface area contributed by atoms with Crippen LogP contribution in [0.25, 0.3) is 6.08 Å². The van der Waals surface area contributed by atoms with E-state index in [0.29, 0.717) is 11.8 Å². The second-order valence-electron chi connectivity index (χ2n) is 6.62. The fourth-order valence-electron chi connectivity index (χ4n) is 3.18. The molecule has 1 aliphatic heterocycles. The third-order valence-electron chi connectivity index (χ3n) is 4.29. The molecule has 0 aromatic heterocycles. The summed E-state index contributed by atoms with van der Waals surface area (Å²) in [5.74, 6) is 0.966. The molecule has 0 N–H and O–H groups in total. The van der Waals surface area contributed by atoms with Gasteiger partial charge in [0.15, 0.2) is 0 Å². The highest BCUT2D eigenvalue weighted by Gasteiger charge is 2.44. The van der Waals surface area contributed by atoms with Gasteiger partial charge in [-0.3, -0.25) is 0 Å². The maximum atomic E-state index is 6.22. The van der Waals surface area contributed by atoms with Gasteiger partial charge < -0.3 is 9.31 Å². The molecule has 1 unspecified atom stereocenters. The van der Waals surface area contributed by atoms with Crippen LogP contribution in [0.5, 0.6) is 0 Å². The largest absolute Gasteiger partial charge is 0.490 e. The summed E-state index contributed by atoms with van der Waals surface area (Å²) < 4.78 is 12.4. The van der Waals surface area contributed by atoms with Crippen molar-refractivity contribution in [3.05, 3.63) is 40.9 Å². The summed E-state index contributed by atoms with van der Waals surface area (Å²) in [7, 11) is -0.165. The Hall–Kier alpha value is -1.06. The molecular weight excluding hydrogens is 247 g/mol. The van der Waals surface area contributed by atoms with Gasteiger partial charge in [0.1, 0.15) is 0 Å². The predicted molar refractivity (Wildman–Crippen MR) is 83.3 cm³/mol. The Kier molecular flexibility index (Phi) is 3.74. The predicted octanol–water partition coefficient (Wildman–Crippen LogP) is 3.75. The molecular formula is C17H23BO2. The highest BCUT2D eigenvalue weighted by atomic mass is 16.7. The van der Waals surface area contributed by atoms with E-state index >= 15 is 0 Å². The molecule has 0 radical (unpaired) electrons. The summed E-state index contributed by atoms with van der Waals surface area (Å²) in [6.07, 6.45) is 3.59. The van der Waals surface area contributed by atoms with Crippen molar-refractivity contribution in [1.82, 2.24) is 0 Å². The first-order valence-electron chi connectivity index (χ1n) is 7.65. The Morgan fingerprint density at radius 3 is 2.15 bits per heavy atom.